The van der Waals surface area contributed by atoms with Gasteiger partial charge >= 0.3 is 6.03 Å². The number of benzene rings is 2. The van der Waals surface area contributed by atoms with Crippen LogP contribution in [0, 0.1) is 15.5 Å². The molecule has 0 bridgehead atoms. The zero-order valence-electron chi connectivity index (χ0n) is 20.1. The number of nitro benzene ring substituents is 1. The van der Waals surface area contributed by atoms with Crippen molar-refractivity contribution >= 4 is 29.2 Å². The third kappa shape index (κ3) is 3.84. The number of rotatable bonds is 5. The van der Waals surface area contributed by atoms with E-state index in [1.54, 1.807) is 13.1 Å². The highest BCUT2D eigenvalue weighted by Gasteiger charge is 2.62. The molecule has 5 rings (SSSR count). The molecule has 0 aromatic heterocycles. The third-order valence-corrected chi connectivity index (χ3v) is 7.63. The molecule has 186 valence electrons. The fourth-order valence-corrected chi connectivity index (χ4v) is 5.87. The molecular formula is C27H28N4O5. The quantitative estimate of drug-likeness (QED) is 0.291. The first kappa shape index (κ1) is 23.7. The Hall–Kier alpha value is -4.01. The molecule has 1 N–H and O–H groups in total. The van der Waals surface area contributed by atoms with E-state index in [0.717, 1.165) is 36.1 Å². The van der Waals surface area contributed by atoms with Gasteiger partial charge in [-0.1, -0.05) is 42.0 Å². The molecule has 2 aliphatic heterocycles. The van der Waals surface area contributed by atoms with Crippen LogP contribution in [0.1, 0.15) is 49.3 Å². The Balaban J connectivity index is 1.60. The molecule has 4 amide bonds. The van der Waals surface area contributed by atoms with Crippen molar-refractivity contribution in [2.75, 3.05) is 18.5 Å². The average molecular weight is 489 g/mol. The zero-order valence-corrected chi connectivity index (χ0v) is 20.1. The predicted octanol–water partition coefficient (Wildman–Crippen LogP) is 4.28. The van der Waals surface area contributed by atoms with Gasteiger partial charge in [0.1, 0.15) is 0 Å². The van der Waals surface area contributed by atoms with Crippen LogP contribution in [-0.2, 0) is 16.0 Å². The summed E-state index contributed by atoms with van der Waals surface area (Å²) in [6.07, 6.45) is 6.86. The minimum absolute atomic E-state index is 0.0505. The monoisotopic (exact) mass is 488 g/mol. The lowest BCUT2D eigenvalue weighted by Gasteiger charge is -2.51. The number of amides is 4. The summed E-state index contributed by atoms with van der Waals surface area (Å²) in [4.78, 5) is 54.7. The lowest BCUT2D eigenvalue weighted by molar-refractivity contribution is -0.384. The Labute approximate surface area is 208 Å². The standard InChI is InChI=1S/C27H28N4O5/c1-29-22-13-12-21(31(35)36)16-20(22)17-27(23(29)19-10-6-3-7-11-19)24(32)28-26(34)30(25(27)33)15-14-18-8-4-2-5-9-18/h3,6-8,10-13,16,23H,2,4-5,9,14-15,17H2,1H3,(H,28,32,34). The highest BCUT2D eigenvalue weighted by atomic mass is 16.6. The first-order valence-corrected chi connectivity index (χ1v) is 12.2. The highest BCUT2D eigenvalue weighted by molar-refractivity contribution is 6.20. The summed E-state index contributed by atoms with van der Waals surface area (Å²) in [6.45, 7) is 0.179. The van der Waals surface area contributed by atoms with E-state index in [1.807, 2.05) is 35.2 Å². The predicted molar refractivity (Wildman–Crippen MR) is 133 cm³/mol. The topological polar surface area (TPSA) is 113 Å². The van der Waals surface area contributed by atoms with Gasteiger partial charge in [-0.25, -0.2) is 4.79 Å². The van der Waals surface area contributed by atoms with Crippen LogP contribution in [0.25, 0.3) is 0 Å². The first-order valence-electron chi connectivity index (χ1n) is 12.2. The molecule has 0 radical (unpaired) electrons. The first-order chi connectivity index (χ1) is 17.3. The fraction of sp³-hybridized carbons (Fsp3) is 0.370. The van der Waals surface area contributed by atoms with Crippen LogP contribution in [0.15, 0.2) is 60.2 Å². The fourth-order valence-electron chi connectivity index (χ4n) is 5.87. The number of carbonyl (C=O) groups is 3. The van der Waals surface area contributed by atoms with Gasteiger partial charge in [-0.05, 0) is 49.3 Å². The second kappa shape index (κ2) is 9.22. The number of nitrogens with zero attached hydrogens (tertiary/aromatic N) is 3. The van der Waals surface area contributed by atoms with Crippen LogP contribution in [0.4, 0.5) is 16.2 Å². The molecule has 1 spiro atoms. The number of urea groups is 1. The van der Waals surface area contributed by atoms with Crippen LogP contribution in [0.2, 0.25) is 0 Å². The van der Waals surface area contributed by atoms with E-state index in [2.05, 4.69) is 11.4 Å². The van der Waals surface area contributed by atoms with Gasteiger partial charge < -0.3 is 4.90 Å². The van der Waals surface area contributed by atoms with E-state index in [0.29, 0.717) is 17.7 Å². The molecule has 36 heavy (non-hydrogen) atoms. The summed E-state index contributed by atoms with van der Waals surface area (Å²) in [5.74, 6) is -1.24. The van der Waals surface area contributed by atoms with E-state index >= 15 is 0 Å². The van der Waals surface area contributed by atoms with Gasteiger partial charge in [-0.2, -0.15) is 0 Å². The van der Waals surface area contributed by atoms with Gasteiger partial charge in [0.05, 0.1) is 11.0 Å². The summed E-state index contributed by atoms with van der Waals surface area (Å²) in [5, 5.41) is 13.9. The Kier molecular flexibility index (Phi) is 6.07. The number of imide groups is 2. The Morgan fingerprint density at radius 2 is 1.89 bits per heavy atom. The summed E-state index contributed by atoms with van der Waals surface area (Å²) < 4.78 is 0. The minimum Gasteiger partial charge on any atom is -0.366 e. The van der Waals surface area contributed by atoms with Gasteiger partial charge in [0.2, 0.25) is 11.8 Å². The number of anilines is 1. The Bertz CT molecular complexity index is 1270. The molecule has 1 aliphatic carbocycles. The molecule has 2 aromatic carbocycles. The SMILES string of the molecule is CN1c2ccc([N+](=O)[O-])cc2CC2(C(=O)NC(=O)N(CCC3=CCCCC3)C2=O)C1c1ccccc1. The molecule has 2 aromatic rings. The van der Waals surface area contributed by atoms with E-state index in [-0.39, 0.29) is 18.7 Å². The smallest absolute Gasteiger partial charge is 0.330 e. The maximum absolute atomic E-state index is 14.2. The number of allylic oxidation sites excluding steroid dienone is 1. The van der Waals surface area contributed by atoms with Gasteiger partial charge in [0.15, 0.2) is 5.41 Å². The second-order valence-electron chi connectivity index (χ2n) is 9.72. The van der Waals surface area contributed by atoms with Gasteiger partial charge in [0, 0.05) is 37.8 Å². The summed E-state index contributed by atoms with van der Waals surface area (Å²) in [6, 6.07) is 12.3. The molecular weight excluding hydrogens is 460 g/mol. The number of non-ortho nitro benzene ring substituents is 1. The largest absolute Gasteiger partial charge is 0.366 e. The Morgan fingerprint density at radius 3 is 2.58 bits per heavy atom. The molecule has 9 nitrogen and oxygen atoms in total. The summed E-state index contributed by atoms with van der Waals surface area (Å²) >= 11 is 0. The number of nitrogens with one attached hydrogen (secondary N) is 1. The van der Waals surface area contributed by atoms with Gasteiger partial charge in [0.25, 0.3) is 5.69 Å². The molecule has 2 atom stereocenters. The van der Waals surface area contributed by atoms with E-state index in [1.165, 1.54) is 17.7 Å². The molecule has 0 saturated carbocycles. The molecule has 9 heteroatoms. The maximum Gasteiger partial charge on any atom is 0.330 e. The van der Waals surface area contributed by atoms with Gasteiger partial charge in [-0.15, -0.1) is 0 Å². The second-order valence-corrected chi connectivity index (χ2v) is 9.72. The highest BCUT2D eigenvalue weighted by Crippen LogP contribution is 2.51. The minimum atomic E-state index is -1.66. The Morgan fingerprint density at radius 1 is 1.11 bits per heavy atom. The van der Waals surface area contributed by atoms with Crippen molar-refractivity contribution in [2.24, 2.45) is 5.41 Å². The number of fused-ring (bicyclic) bond motifs is 1. The number of carbonyl (C=O) groups excluding carboxylic acids is 3. The lowest BCUT2D eigenvalue weighted by Crippen LogP contribution is -2.69. The van der Waals surface area contributed by atoms with Crippen molar-refractivity contribution in [1.82, 2.24) is 10.2 Å². The van der Waals surface area contributed by atoms with E-state index in [9.17, 15) is 24.5 Å². The molecule has 2 heterocycles. The lowest BCUT2D eigenvalue weighted by atomic mass is 9.66. The molecule has 2 unspecified atom stereocenters. The van der Waals surface area contributed by atoms with E-state index in [4.69, 9.17) is 0 Å². The van der Waals surface area contributed by atoms with Crippen molar-refractivity contribution < 1.29 is 19.3 Å². The van der Waals surface area contributed by atoms with E-state index < -0.39 is 34.2 Å². The van der Waals surface area contributed by atoms with Crippen LogP contribution in [-0.4, -0.2) is 41.3 Å². The van der Waals surface area contributed by atoms with Crippen LogP contribution < -0.4 is 10.2 Å². The number of hydrogen-bond acceptors (Lipinski definition) is 6. The average Bonchev–Trinajstić information content (AvgIpc) is 2.88. The number of nitro groups is 1. The summed E-state index contributed by atoms with van der Waals surface area (Å²) in [5.41, 5.74) is 1.41. The number of barbiturate groups is 1. The van der Waals surface area contributed by atoms with Crippen molar-refractivity contribution in [3.63, 3.8) is 0 Å². The molecule has 1 saturated heterocycles. The zero-order chi connectivity index (χ0) is 25.4. The maximum atomic E-state index is 14.2. The van der Waals surface area contributed by atoms with Crippen LogP contribution >= 0.6 is 0 Å². The van der Waals surface area contributed by atoms with Crippen molar-refractivity contribution in [1.29, 1.82) is 0 Å². The normalized spacial score (nSPS) is 23.9. The number of hydrogen-bond donors (Lipinski definition) is 1. The van der Waals surface area contributed by atoms with Crippen LogP contribution in [0.5, 0.6) is 0 Å². The molecule has 1 fully saturated rings. The third-order valence-electron chi connectivity index (χ3n) is 7.63. The van der Waals surface area contributed by atoms with Crippen molar-refractivity contribution in [3.05, 3.63) is 81.4 Å². The molecule has 3 aliphatic rings. The van der Waals surface area contributed by atoms with Crippen molar-refractivity contribution in [2.45, 2.75) is 44.6 Å². The van der Waals surface area contributed by atoms with Gasteiger partial charge in [-0.3, -0.25) is 29.9 Å². The van der Waals surface area contributed by atoms with Crippen molar-refractivity contribution in [3.8, 4) is 0 Å². The summed E-state index contributed by atoms with van der Waals surface area (Å²) in [7, 11) is 1.78. The van der Waals surface area contributed by atoms with Crippen LogP contribution in [0.3, 0.4) is 0 Å².